The van der Waals surface area contributed by atoms with Gasteiger partial charge in [-0.3, -0.25) is 4.79 Å². The molecule has 0 aromatic heterocycles. The van der Waals surface area contributed by atoms with Gasteiger partial charge in [-0.15, -0.1) is 5.06 Å². The first kappa shape index (κ1) is 14.2. The summed E-state index contributed by atoms with van der Waals surface area (Å²) in [4.78, 5) is 39.9. The molecule has 6 heteroatoms. The minimum absolute atomic E-state index is 0.113. The highest BCUT2D eigenvalue weighted by Gasteiger charge is 2.25. The monoisotopic (exact) mass is 277 g/mol. The number of hydroxylamine groups is 2. The van der Waals surface area contributed by atoms with Crippen molar-refractivity contribution in [3.63, 3.8) is 0 Å². The minimum Gasteiger partial charge on any atom is -0.389 e. The Morgan fingerprint density at radius 2 is 1.75 bits per heavy atom. The first-order valence-corrected chi connectivity index (χ1v) is 6.34. The van der Waals surface area contributed by atoms with E-state index in [2.05, 4.69) is 4.74 Å². The van der Waals surface area contributed by atoms with Crippen molar-refractivity contribution in [1.82, 2.24) is 5.06 Å². The molecule has 0 unspecified atom stereocenters. The SMILES string of the molecule is CCC(=O)OC(=O)c1cccc(C(=O)ON2CC2)c1C. The Morgan fingerprint density at radius 1 is 1.15 bits per heavy atom. The zero-order valence-electron chi connectivity index (χ0n) is 11.3. The van der Waals surface area contributed by atoms with Gasteiger partial charge in [-0.2, -0.15) is 0 Å². The van der Waals surface area contributed by atoms with Gasteiger partial charge in [-0.25, -0.2) is 9.59 Å². The van der Waals surface area contributed by atoms with E-state index in [0.29, 0.717) is 5.56 Å². The lowest BCUT2D eigenvalue weighted by molar-refractivity contribution is -0.137. The largest absolute Gasteiger partial charge is 0.389 e. The lowest BCUT2D eigenvalue weighted by Crippen LogP contribution is -2.16. The Bertz CT molecular complexity index is 563. The molecule has 0 spiro atoms. The summed E-state index contributed by atoms with van der Waals surface area (Å²) in [6.07, 6.45) is 0.113. The second-order valence-electron chi connectivity index (χ2n) is 4.40. The second-order valence-corrected chi connectivity index (χ2v) is 4.40. The quantitative estimate of drug-likeness (QED) is 0.471. The molecule has 1 saturated heterocycles. The summed E-state index contributed by atoms with van der Waals surface area (Å²) in [6.45, 7) is 4.65. The highest BCUT2D eigenvalue weighted by molar-refractivity contribution is 6.01. The number of rotatable bonds is 4. The van der Waals surface area contributed by atoms with Gasteiger partial charge in [0.05, 0.1) is 24.2 Å². The minimum atomic E-state index is -0.754. The fraction of sp³-hybridized carbons (Fsp3) is 0.357. The number of esters is 2. The van der Waals surface area contributed by atoms with Gasteiger partial charge in [0, 0.05) is 6.42 Å². The highest BCUT2D eigenvalue weighted by Crippen LogP contribution is 2.18. The lowest BCUT2D eigenvalue weighted by atomic mass is 10.0. The van der Waals surface area contributed by atoms with Gasteiger partial charge in [0.15, 0.2) is 0 Å². The smallest absolute Gasteiger partial charge is 0.357 e. The zero-order valence-corrected chi connectivity index (χ0v) is 11.3. The maximum atomic E-state index is 11.9. The fourth-order valence-electron chi connectivity index (χ4n) is 1.61. The molecule has 0 N–H and O–H groups in total. The summed E-state index contributed by atoms with van der Waals surface area (Å²) in [5.41, 5.74) is 0.913. The number of hydrogen-bond acceptors (Lipinski definition) is 6. The van der Waals surface area contributed by atoms with Crippen LogP contribution in [0.2, 0.25) is 0 Å². The van der Waals surface area contributed by atoms with E-state index in [1.165, 1.54) is 11.1 Å². The number of hydrogen-bond donors (Lipinski definition) is 0. The Labute approximate surface area is 116 Å². The highest BCUT2D eigenvalue weighted by atomic mass is 16.7. The van der Waals surface area contributed by atoms with Crippen LogP contribution in [0.5, 0.6) is 0 Å². The van der Waals surface area contributed by atoms with E-state index in [0.717, 1.165) is 13.1 Å². The van der Waals surface area contributed by atoms with Gasteiger partial charge < -0.3 is 9.57 Å². The van der Waals surface area contributed by atoms with Crippen molar-refractivity contribution in [2.75, 3.05) is 13.1 Å². The molecule has 6 nitrogen and oxygen atoms in total. The predicted octanol–water partition coefficient (Wildman–Crippen LogP) is 1.48. The van der Waals surface area contributed by atoms with Gasteiger partial charge in [0.2, 0.25) is 0 Å². The lowest BCUT2D eigenvalue weighted by Gasteiger charge is -2.09. The van der Waals surface area contributed by atoms with E-state index in [1.807, 2.05) is 0 Å². The normalized spacial score (nSPS) is 13.7. The molecule has 1 fully saturated rings. The molecule has 0 saturated carbocycles. The molecule has 0 radical (unpaired) electrons. The Hall–Kier alpha value is -2.21. The topological polar surface area (TPSA) is 72.7 Å². The van der Waals surface area contributed by atoms with E-state index in [1.54, 1.807) is 26.0 Å². The van der Waals surface area contributed by atoms with Crippen molar-refractivity contribution >= 4 is 17.9 Å². The molecule has 2 rings (SSSR count). The van der Waals surface area contributed by atoms with Crippen LogP contribution in [0.25, 0.3) is 0 Å². The van der Waals surface area contributed by atoms with Crippen molar-refractivity contribution in [1.29, 1.82) is 0 Å². The summed E-state index contributed by atoms with van der Waals surface area (Å²) in [5, 5.41) is 1.51. The van der Waals surface area contributed by atoms with Gasteiger partial charge in [-0.1, -0.05) is 13.0 Å². The van der Waals surface area contributed by atoms with Crippen LogP contribution < -0.4 is 0 Å². The Balaban J connectivity index is 2.19. The summed E-state index contributed by atoms with van der Waals surface area (Å²) < 4.78 is 4.65. The maximum absolute atomic E-state index is 11.9. The van der Waals surface area contributed by atoms with Crippen molar-refractivity contribution in [2.45, 2.75) is 20.3 Å². The first-order valence-electron chi connectivity index (χ1n) is 6.34. The van der Waals surface area contributed by atoms with Crippen molar-refractivity contribution in [3.8, 4) is 0 Å². The van der Waals surface area contributed by atoms with Crippen LogP contribution in [0.4, 0.5) is 0 Å². The Kier molecular flexibility index (Phi) is 4.14. The summed E-state index contributed by atoms with van der Waals surface area (Å²) in [7, 11) is 0. The predicted molar refractivity (Wildman–Crippen MR) is 68.9 cm³/mol. The van der Waals surface area contributed by atoms with Gasteiger partial charge >= 0.3 is 17.9 Å². The first-order chi connectivity index (χ1) is 9.52. The molecule has 106 valence electrons. The van der Waals surface area contributed by atoms with E-state index in [-0.39, 0.29) is 17.5 Å². The van der Waals surface area contributed by atoms with Crippen molar-refractivity contribution < 1.29 is 24.0 Å². The second kappa shape index (κ2) is 5.83. The molecule has 1 aliphatic heterocycles. The fourth-order valence-corrected chi connectivity index (χ4v) is 1.61. The van der Waals surface area contributed by atoms with Crippen LogP contribution in [0.1, 0.15) is 39.6 Å². The third-order valence-corrected chi connectivity index (χ3v) is 2.89. The molecule has 0 aliphatic carbocycles. The number of benzene rings is 1. The maximum Gasteiger partial charge on any atom is 0.357 e. The molecule has 1 heterocycles. The zero-order chi connectivity index (χ0) is 14.7. The molecular weight excluding hydrogens is 262 g/mol. The summed E-state index contributed by atoms with van der Waals surface area (Å²) in [5.74, 6) is -1.88. The molecule has 0 amide bonds. The van der Waals surface area contributed by atoms with Crippen LogP contribution in [0, 0.1) is 6.92 Å². The van der Waals surface area contributed by atoms with E-state index < -0.39 is 17.9 Å². The molecule has 0 atom stereocenters. The molecule has 1 aliphatic rings. The van der Waals surface area contributed by atoms with Crippen LogP contribution in [0.3, 0.4) is 0 Å². The molecule has 0 bridgehead atoms. The third kappa shape index (κ3) is 3.21. The van der Waals surface area contributed by atoms with Gasteiger partial charge in [-0.05, 0) is 24.6 Å². The molecule has 1 aromatic carbocycles. The van der Waals surface area contributed by atoms with E-state index >= 15 is 0 Å². The van der Waals surface area contributed by atoms with E-state index in [4.69, 9.17) is 4.84 Å². The average Bonchev–Trinajstić information content (AvgIpc) is 3.22. The number of carbonyl (C=O) groups is 3. The summed E-state index contributed by atoms with van der Waals surface area (Å²) >= 11 is 0. The van der Waals surface area contributed by atoms with E-state index in [9.17, 15) is 14.4 Å². The van der Waals surface area contributed by atoms with Gasteiger partial charge in [0.25, 0.3) is 0 Å². The van der Waals surface area contributed by atoms with Crippen molar-refractivity contribution in [2.24, 2.45) is 0 Å². The molecule has 20 heavy (non-hydrogen) atoms. The molecular formula is C14H15NO5. The average molecular weight is 277 g/mol. The number of nitrogens with zero attached hydrogens (tertiary/aromatic N) is 1. The summed E-state index contributed by atoms with van der Waals surface area (Å²) in [6, 6.07) is 4.63. The van der Waals surface area contributed by atoms with Crippen molar-refractivity contribution in [3.05, 3.63) is 34.9 Å². The van der Waals surface area contributed by atoms with Gasteiger partial charge in [0.1, 0.15) is 0 Å². The van der Waals surface area contributed by atoms with Crippen LogP contribution in [0.15, 0.2) is 18.2 Å². The number of ether oxygens (including phenoxy) is 1. The van der Waals surface area contributed by atoms with Crippen LogP contribution >= 0.6 is 0 Å². The van der Waals surface area contributed by atoms with Crippen LogP contribution in [-0.4, -0.2) is 36.1 Å². The molecule has 1 aromatic rings. The number of carbonyl (C=O) groups excluding carboxylic acids is 3. The standard InChI is InChI=1S/C14H15NO5/c1-3-12(16)19-13(17)10-5-4-6-11(9(10)2)14(18)20-15-7-8-15/h4-6H,3,7-8H2,1-2H3. The third-order valence-electron chi connectivity index (χ3n) is 2.89. The van der Waals surface area contributed by atoms with Crippen LogP contribution in [-0.2, 0) is 14.4 Å². The Morgan fingerprint density at radius 3 is 2.30 bits per heavy atom.